The van der Waals surface area contributed by atoms with Crippen LogP contribution in [0.15, 0.2) is 21.5 Å². The molecular weight excluding hydrogens is 352 g/mol. The van der Waals surface area contributed by atoms with Gasteiger partial charge in [-0.25, -0.2) is 13.1 Å². The van der Waals surface area contributed by atoms with Crippen LogP contribution in [0.3, 0.4) is 0 Å². The van der Waals surface area contributed by atoms with E-state index in [1.807, 2.05) is 20.0 Å². The first kappa shape index (κ1) is 16.9. The molecule has 1 aliphatic rings. The van der Waals surface area contributed by atoms with Gasteiger partial charge in [0.15, 0.2) is 0 Å². The number of halogens is 1. The summed E-state index contributed by atoms with van der Waals surface area (Å²) in [5.41, 5.74) is 1.71. The average molecular weight is 375 g/mol. The SMILES string of the molecule is CNCc1cc(Br)c(C)c(S(=O)(=O)NC2CCC(C)C2)c1. The van der Waals surface area contributed by atoms with Crippen LogP contribution in [0.1, 0.15) is 37.3 Å². The van der Waals surface area contributed by atoms with E-state index in [1.54, 1.807) is 6.07 Å². The van der Waals surface area contributed by atoms with Crippen molar-refractivity contribution in [2.75, 3.05) is 7.05 Å². The predicted octanol–water partition coefficient (Wildman–Crippen LogP) is 2.94. The van der Waals surface area contributed by atoms with Crippen molar-refractivity contribution in [1.29, 1.82) is 0 Å². The zero-order valence-corrected chi connectivity index (χ0v) is 15.1. The van der Waals surface area contributed by atoms with E-state index in [2.05, 4.69) is 32.9 Å². The van der Waals surface area contributed by atoms with Gasteiger partial charge in [-0.15, -0.1) is 0 Å². The van der Waals surface area contributed by atoms with Crippen LogP contribution in [-0.2, 0) is 16.6 Å². The van der Waals surface area contributed by atoms with Crippen molar-refractivity contribution in [3.8, 4) is 0 Å². The summed E-state index contributed by atoms with van der Waals surface area (Å²) < 4.78 is 29.0. The first-order valence-corrected chi connectivity index (χ1v) is 9.57. The van der Waals surface area contributed by atoms with Crippen LogP contribution < -0.4 is 10.0 Å². The van der Waals surface area contributed by atoms with Gasteiger partial charge in [-0.2, -0.15) is 0 Å². The fourth-order valence-corrected chi connectivity index (χ4v) is 5.13. The summed E-state index contributed by atoms with van der Waals surface area (Å²) in [6.45, 7) is 4.64. The Balaban J connectivity index is 2.30. The van der Waals surface area contributed by atoms with Gasteiger partial charge in [0.05, 0.1) is 4.90 Å². The summed E-state index contributed by atoms with van der Waals surface area (Å²) in [4.78, 5) is 0.377. The second-order valence-corrected chi connectivity index (χ2v) is 8.50. The third kappa shape index (κ3) is 4.06. The molecule has 6 heteroatoms. The maximum atomic E-state index is 12.7. The number of hydrogen-bond donors (Lipinski definition) is 2. The van der Waals surface area contributed by atoms with Gasteiger partial charge in [-0.3, -0.25) is 0 Å². The third-order valence-corrected chi connectivity index (χ3v) is 6.51. The monoisotopic (exact) mass is 374 g/mol. The molecule has 2 N–H and O–H groups in total. The van der Waals surface area contributed by atoms with Crippen LogP contribution in [0, 0.1) is 12.8 Å². The second-order valence-electron chi connectivity index (χ2n) is 5.97. The highest BCUT2D eigenvalue weighted by atomic mass is 79.9. The Morgan fingerprint density at radius 1 is 1.33 bits per heavy atom. The van der Waals surface area contributed by atoms with E-state index in [1.165, 1.54) is 0 Å². The quantitative estimate of drug-likeness (QED) is 0.832. The molecule has 0 heterocycles. The molecule has 2 unspecified atom stereocenters. The predicted molar refractivity (Wildman–Crippen MR) is 88.8 cm³/mol. The fraction of sp³-hybridized carbons (Fsp3) is 0.600. The molecule has 2 atom stereocenters. The smallest absolute Gasteiger partial charge is 0.241 e. The summed E-state index contributed by atoms with van der Waals surface area (Å²) in [5.74, 6) is 0.598. The van der Waals surface area contributed by atoms with Gasteiger partial charge in [0, 0.05) is 17.1 Å². The van der Waals surface area contributed by atoms with Crippen molar-refractivity contribution in [2.24, 2.45) is 5.92 Å². The Morgan fingerprint density at radius 2 is 2.05 bits per heavy atom. The Bertz CT molecular complexity index is 616. The van der Waals surface area contributed by atoms with Gasteiger partial charge in [0.1, 0.15) is 0 Å². The maximum absolute atomic E-state index is 12.7. The van der Waals surface area contributed by atoms with Crippen LogP contribution >= 0.6 is 15.9 Å². The third-order valence-electron chi connectivity index (χ3n) is 4.04. The van der Waals surface area contributed by atoms with Crippen molar-refractivity contribution in [3.05, 3.63) is 27.7 Å². The van der Waals surface area contributed by atoms with Crippen LogP contribution in [0.5, 0.6) is 0 Å². The summed E-state index contributed by atoms with van der Waals surface area (Å²) in [6.07, 6.45) is 2.95. The average Bonchev–Trinajstić information content (AvgIpc) is 2.78. The van der Waals surface area contributed by atoms with E-state index < -0.39 is 10.0 Å². The lowest BCUT2D eigenvalue weighted by molar-refractivity contribution is 0.538. The number of hydrogen-bond acceptors (Lipinski definition) is 3. The topological polar surface area (TPSA) is 58.2 Å². The summed E-state index contributed by atoms with van der Waals surface area (Å²) in [7, 11) is -1.62. The molecule has 1 aromatic carbocycles. The van der Waals surface area contributed by atoms with Gasteiger partial charge in [-0.1, -0.05) is 22.9 Å². The van der Waals surface area contributed by atoms with Crippen molar-refractivity contribution in [3.63, 3.8) is 0 Å². The van der Waals surface area contributed by atoms with Crippen LogP contribution in [0.2, 0.25) is 0 Å². The Labute approximate surface area is 135 Å². The fourth-order valence-electron chi connectivity index (χ4n) is 2.89. The van der Waals surface area contributed by atoms with Gasteiger partial charge in [-0.05, 0) is 62.4 Å². The van der Waals surface area contributed by atoms with E-state index in [4.69, 9.17) is 0 Å². The van der Waals surface area contributed by atoms with E-state index in [9.17, 15) is 8.42 Å². The minimum Gasteiger partial charge on any atom is -0.316 e. The van der Waals surface area contributed by atoms with Crippen molar-refractivity contribution < 1.29 is 8.42 Å². The zero-order valence-electron chi connectivity index (χ0n) is 12.7. The molecule has 0 aliphatic heterocycles. The number of benzene rings is 1. The molecule has 1 aliphatic carbocycles. The number of nitrogens with one attached hydrogen (secondary N) is 2. The highest BCUT2D eigenvalue weighted by Gasteiger charge is 2.28. The molecule has 0 spiro atoms. The van der Waals surface area contributed by atoms with E-state index in [0.29, 0.717) is 17.4 Å². The number of sulfonamides is 1. The minimum absolute atomic E-state index is 0.0659. The lowest BCUT2D eigenvalue weighted by atomic mass is 10.1. The normalized spacial score (nSPS) is 22.7. The largest absolute Gasteiger partial charge is 0.316 e. The molecule has 118 valence electrons. The molecule has 2 rings (SSSR count). The molecular formula is C15H23BrN2O2S. The molecule has 0 saturated heterocycles. The molecule has 0 aromatic heterocycles. The minimum atomic E-state index is -3.47. The van der Waals surface area contributed by atoms with E-state index in [-0.39, 0.29) is 6.04 Å². The Kier molecular flexibility index (Phi) is 5.46. The summed E-state index contributed by atoms with van der Waals surface area (Å²) in [6, 6.07) is 3.79. The molecule has 0 amide bonds. The zero-order chi connectivity index (χ0) is 15.6. The molecule has 21 heavy (non-hydrogen) atoms. The molecule has 0 radical (unpaired) electrons. The highest BCUT2D eigenvalue weighted by Crippen LogP contribution is 2.29. The Hall–Kier alpha value is -0.430. The highest BCUT2D eigenvalue weighted by molar-refractivity contribution is 9.10. The molecule has 0 bridgehead atoms. The summed E-state index contributed by atoms with van der Waals surface area (Å²) >= 11 is 3.46. The van der Waals surface area contributed by atoms with Gasteiger partial charge in [0.2, 0.25) is 10.0 Å². The van der Waals surface area contributed by atoms with Crippen LogP contribution in [-0.4, -0.2) is 21.5 Å². The lowest BCUT2D eigenvalue weighted by Crippen LogP contribution is -2.33. The van der Waals surface area contributed by atoms with Gasteiger partial charge >= 0.3 is 0 Å². The van der Waals surface area contributed by atoms with E-state index in [0.717, 1.165) is 34.9 Å². The van der Waals surface area contributed by atoms with Crippen LogP contribution in [0.4, 0.5) is 0 Å². The van der Waals surface area contributed by atoms with Gasteiger partial charge < -0.3 is 5.32 Å². The van der Waals surface area contributed by atoms with E-state index >= 15 is 0 Å². The number of rotatable bonds is 5. The first-order valence-electron chi connectivity index (χ1n) is 7.29. The van der Waals surface area contributed by atoms with Crippen LogP contribution in [0.25, 0.3) is 0 Å². The first-order chi connectivity index (χ1) is 9.83. The molecule has 1 aromatic rings. The molecule has 1 fully saturated rings. The Morgan fingerprint density at radius 3 is 2.62 bits per heavy atom. The van der Waals surface area contributed by atoms with Crippen molar-refractivity contribution in [1.82, 2.24) is 10.0 Å². The van der Waals surface area contributed by atoms with Crippen molar-refractivity contribution in [2.45, 2.75) is 50.6 Å². The summed E-state index contributed by atoms with van der Waals surface area (Å²) in [5, 5.41) is 3.05. The second kappa shape index (κ2) is 6.77. The van der Waals surface area contributed by atoms with Gasteiger partial charge in [0.25, 0.3) is 0 Å². The molecule has 1 saturated carbocycles. The molecule has 4 nitrogen and oxygen atoms in total. The standard InChI is InChI=1S/C15H23BrN2O2S/c1-10-4-5-13(6-10)18-21(19,20)15-8-12(9-17-3)7-14(16)11(15)2/h7-8,10,13,17-18H,4-6,9H2,1-3H3. The maximum Gasteiger partial charge on any atom is 0.241 e. The van der Waals surface area contributed by atoms with Crippen molar-refractivity contribution >= 4 is 26.0 Å². The lowest BCUT2D eigenvalue weighted by Gasteiger charge is -2.16.